The molecule has 0 radical (unpaired) electrons. The minimum absolute atomic E-state index is 0.0673. The van der Waals surface area contributed by atoms with Gasteiger partial charge in [0.05, 0.1) is 30.0 Å². The molecule has 1 aliphatic rings. The zero-order valence-corrected chi connectivity index (χ0v) is 15.5. The summed E-state index contributed by atoms with van der Waals surface area (Å²) in [4.78, 5) is 0. The van der Waals surface area contributed by atoms with Gasteiger partial charge in [0.25, 0.3) is 10.1 Å². The summed E-state index contributed by atoms with van der Waals surface area (Å²) in [5.41, 5.74) is 0.831. The molecular weight excluding hydrogens is 361 g/mol. The van der Waals surface area contributed by atoms with Crippen molar-refractivity contribution in [3.05, 3.63) is 27.7 Å². The third kappa shape index (κ3) is 5.22. The molecule has 1 aromatic carbocycles. The Labute approximate surface area is 147 Å². The molecule has 130 valence electrons. The Balaban J connectivity index is 2.37. The molecule has 8 heteroatoms. The van der Waals surface area contributed by atoms with Crippen LogP contribution in [0, 0.1) is 5.92 Å². The van der Waals surface area contributed by atoms with Gasteiger partial charge in [-0.05, 0) is 37.9 Å². The maximum atomic E-state index is 11.4. The van der Waals surface area contributed by atoms with Crippen molar-refractivity contribution in [1.82, 2.24) is 5.32 Å². The summed E-state index contributed by atoms with van der Waals surface area (Å²) in [6.07, 6.45) is 2.92. The van der Waals surface area contributed by atoms with E-state index in [4.69, 9.17) is 32.1 Å². The standard InChI is InChI=1S/C15H21Cl2NO4S/c1-21-15-8-14(17)13(16)7-11(15)12(9-22-23(2,19)20)10-3-5-18-6-4-10/h7-8,10,12,18H,3-6,9H2,1-2H3. The quantitative estimate of drug-likeness (QED) is 0.767. The molecule has 1 heterocycles. The Kier molecular flexibility index (Phi) is 6.57. The van der Waals surface area contributed by atoms with E-state index in [0.29, 0.717) is 15.8 Å². The highest BCUT2D eigenvalue weighted by Gasteiger charge is 2.29. The van der Waals surface area contributed by atoms with Crippen molar-refractivity contribution < 1.29 is 17.3 Å². The lowest BCUT2D eigenvalue weighted by molar-refractivity contribution is 0.219. The normalized spacial score (nSPS) is 17.9. The van der Waals surface area contributed by atoms with Gasteiger partial charge in [0, 0.05) is 17.5 Å². The first kappa shape index (κ1) is 18.8. The van der Waals surface area contributed by atoms with E-state index in [9.17, 15) is 8.42 Å². The maximum Gasteiger partial charge on any atom is 0.264 e. The van der Waals surface area contributed by atoms with E-state index in [0.717, 1.165) is 37.8 Å². The van der Waals surface area contributed by atoms with Crippen LogP contribution in [0.3, 0.4) is 0 Å². The molecule has 1 fully saturated rings. The fourth-order valence-electron chi connectivity index (χ4n) is 2.93. The Hall–Kier alpha value is -0.530. The molecule has 23 heavy (non-hydrogen) atoms. The van der Waals surface area contributed by atoms with Crippen LogP contribution in [-0.4, -0.2) is 41.5 Å². The predicted molar refractivity (Wildman–Crippen MR) is 92.1 cm³/mol. The molecule has 0 bridgehead atoms. The van der Waals surface area contributed by atoms with Crippen LogP contribution in [0.1, 0.15) is 24.3 Å². The summed E-state index contributed by atoms with van der Waals surface area (Å²) in [5.74, 6) is 0.751. The van der Waals surface area contributed by atoms with Crippen LogP contribution >= 0.6 is 23.2 Å². The molecule has 0 spiro atoms. The summed E-state index contributed by atoms with van der Waals surface area (Å²) in [7, 11) is -1.96. The summed E-state index contributed by atoms with van der Waals surface area (Å²) >= 11 is 12.2. The number of hydrogen-bond acceptors (Lipinski definition) is 5. The van der Waals surface area contributed by atoms with Crippen LogP contribution in [0.15, 0.2) is 12.1 Å². The van der Waals surface area contributed by atoms with Gasteiger partial charge in [-0.25, -0.2) is 0 Å². The summed E-state index contributed by atoms with van der Waals surface area (Å²) in [5, 5.41) is 4.13. The van der Waals surface area contributed by atoms with Gasteiger partial charge in [0.2, 0.25) is 0 Å². The first-order chi connectivity index (χ1) is 10.8. The topological polar surface area (TPSA) is 64.6 Å². The van der Waals surface area contributed by atoms with Gasteiger partial charge in [-0.15, -0.1) is 0 Å². The molecule has 1 aromatic rings. The van der Waals surface area contributed by atoms with Gasteiger partial charge in [-0.1, -0.05) is 23.2 Å². The van der Waals surface area contributed by atoms with E-state index in [1.807, 2.05) is 0 Å². The fraction of sp³-hybridized carbons (Fsp3) is 0.600. The lowest BCUT2D eigenvalue weighted by Gasteiger charge is -2.31. The van der Waals surface area contributed by atoms with E-state index in [1.54, 1.807) is 19.2 Å². The van der Waals surface area contributed by atoms with Gasteiger partial charge in [0.15, 0.2) is 0 Å². The van der Waals surface area contributed by atoms with Crippen molar-refractivity contribution in [2.24, 2.45) is 5.92 Å². The molecule has 5 nitrogen and oxygen atoms in total. The van der Waals surface area contributed by atoms with Crippen molar-refractivity contribution in [1.29, 1.82) is 0 Å². The SMILES string of the molecule is COc1cc(Cl)c(Cl)cc1C(COS(C)(=O)=O)C1CCNCC1. The van der Waals surface area contributed by atoms with Crippen LogP contribution in [0.4, 0.5) is 0 Å². The second kappa shape index (κ2) is 8.03. The van der Waals surface area contributed by atoms with Crippen molar-refractivity contribution in [2.75, 3.05) is 33.1 Å². The molecule has 0 saturated carbocycles. The third-order valence-corrected chi connectivity index (χ3v) is 5.37. The highest BCUT2D eigenvalue weighted by Crippen LogP contribution is 2.40. The lowest BCUT2D eigenvalue weighted by Crippen LogP contribution is -2.32. The van der Waals surface area contributed by atoms with Crippen molar-refractivity contribution in [2.45, 2.75) is 18.8 Å². The summed E-state index contributed by atoms with van der Waals surface area (Å²) < 4.78 is 33.3. The van der Waals surface area contributed by atoms with E-state index in [1.165, 1.54) is 0 Å². The number of halogens is 2. The van der Waals surface area contributed by atoms with Crippen LogP contribution in [0.5, 0.6) is 5.75 Å². The van der Waals surface area contributed by atoms with Gasteiger partial charge < -0.3 is 10.1 Å². The van der Waals surface area contributed by atoms with Crippen molar-refractivity contribution in [3.63, 3.8) is 0 Å². The monoisotopic (exact) mass is 381 g/mol. The van der Waals surface area contributed by atoms with E-state index in [-0.39, 0.29) is 18.4 Å². The Morgan fingerprint density at radius 2 is 1.87 bits per heavy atom. The molecular formula is C15H21Cl2NO4S. The van der Waals surface area contributed by atoms with Gasteiger partial charge in [-0.2, -0.15) is 8.42 Å². The average Bonchev–Trinajstić information content (AvgIpc) is 2.50. The maximum absolute atomic E-state index is 11.4. The molecule has 0 aromatic heterocycles. The van der Waals surface area contributed by atoms with Crippen LogP contribution in [0.2, 0.25) is 10.0 Å². The van der Waals surface area contributed by atoms with E-state index in [2.05, 4.69) is 5.32 Å². The molecule has 1 saturated heterocycles. The molecule has 1 aliphatic heterocycles. The Bertz CT molecular complexity index is 645. The molecule has 2 rings (SSSR count). The molecule has 1 unspecified atom stereocenters. The minimum Gasteiger partial charge on any atom is -0.496 e. The highest BCUT2D eigenvalue weighted by atomic mass is 35.5. The van der Waals surface area contributed by atoms with E-state index >= 15 is 0 Å². The molecule has 0 amide bonds. The Morgan fingerprint density at radius 3 is 2.43 bits per heavy atom. The van der Waals surface area contributed by atoms with E-state index < -0.39 is 10.1 Å². The number of piperidine rings is 1. The van der Waals surface area contributed by atoms with Crippen molar-refractivity contribution >= 4 is 33.3 Å². The van der Waals surface area contributed by atoms with Gasteiger partial charge >= 0.3 is 0 Å². The predicted octanol–water partition coefficient (Wildman–Crippen LogP) is 3.06. The first-order valence-electron chi connectivity index (χ1n) is 7.40. The first-order valence-corrected chi connectivity index (χ1v) is 9.97. The Morgan fingerprint density at radius 1 is 1.26 bits per heavy atom. The molecule has 1 atom stereocenters. The van der Waals surface area contributed by atoms with Gasteiger partial charge in [-0.3, -0.25) is 4.18 Å². The minimum atomic E-state index is -3.52. The fourth-order valence-corrected chi connectivity index (χ4v) is 3.65. The number of methoxy groups -OCH3 is 1. The number of hydrogen-bond donors (Lipinski definition) is 1. The molecule has 1 N–H and O–H groups in total. The summed E-state index contributed by atoms with van der Waals surface area (Å²) in [6, 6.07) is 3.41. The van der Waals surface area contributed by atoms with Crippen molar-refractivity contribution in [3.8, 4) is 5.75 Å². The number of nitrogens with one attached hydrogen (secondary N) is 1. The van der Waals surface area contributed by atoms with Crippen LogP contribution in [0.25, 0.3) is 0 Å². The number of rotatable bonds is 6. The lowest BCUT2D eigenvalue weighted by atomic mass is 9.80. The van der Waals surface area contributed by atoms with Crippen LogP contribution in [-0.2, 0) is 14.3 Å². The number of ether oxygens (including phenoxy) is 1. The summed E-state index contributed by atoms with van der Waals surface area (Å²) in [6.45, 7) is 1.85. The zero-order chi connectivity index (χ0) is 17.0. The third-order valence-electron chi connectivity index (χ3n) is 4.09. The average molecular weight is 382 g/mol. The largest absolute Gasteiger partial charge is 0.496 e. The number of benzene rings is 1. The van der Waals surface area contributed by atoms with Crippen LogP contribution < -0.4 is 10.1 Å². The smallest absolute Gasteiger partial charge is 0.264 e. The second-order valence-electron chi connectivity index (χ2n) is 5.69. The highest BCUT2D eigenvalue weighted by molar-refractivity contribution is 7.85. The second-order valence-corrected chi connectivity index (χ2v) is 8.15. The zero-order valence-electron chi connectivity index (χ0n) is 13.1. The van der Waals surface area contributed by atoms with Gasteiger partial charge in [0.1, 0.15) is 5.75 Å². The molecule has 0 aliphatic carbocycles.